The Labute approximate surface area is 89.3 Å². The zero-order valence-electron chi connectivity index (χ0n) is 9.40. The number of likely N-dealkylation sites (N-methyl/N-ethyl adjacent to an activating group) is 1. The Balaban J connectivity index is 2.26. The van der Waals surface area contributed by atoms with Crippen LogP contribution in [0.3, 0.4) is 0 Å². The van der Waals surface area contributed by atoms with Crippen LogP contribution in [0.4, 0.5) is 0 Å². The lowest BCUT2D eigenvalue weighted by Crippen LogP contribution is -2.30. The fraction of sp³-hybridized carbons (Fsp3) is 0.600. The lowest BCUT2D eigenvalue weighted by molar-refractivity contribution is 0.0821. The molecule has 0 radical (unpaired) electrons. The van der Waals surface area contributed by atoms with Gasteiger partial charge in [0.1, 0.15) is 0 Å². The van der Waals surface area contributed by atoms with Gasteiger partial charge in [-0.2, -0.15) is 5.10 Å². The van der Waals surface area contributed by atoms with Gasteiger partial charge in [0.2, 0.25) is 0 Å². The van der Waals surface area contributed by atoms with Gasteiger partial charge in [0.25, 0.3) is 5.91 Å². The molecule has 0 fully saturated rings. The molecule has 1 aromatic rings. The Morgan fingerprint density at radius 3 is 2.87 bits per heavy atom. The molecule has 5 nitrogen and oxygen atoms in total. The number of carbonyl (C=O) groups is 1. The summed E-state index contributed by atoms with van der Waals surface area (Å²) in [6.45, 7) is 2.73. The number of hydrogen-bond acceptors (Lipinski definition) is 3. The Morgan fingerprint density at radius 1 is 1.47 bits per heavy atom. The summed E-state index contributed by atoms with van der Waals surface area (Å²) in [5.41, 5.74) is 1.67. The zero-order valence-corrected chi connectivity index (χ0v) is 9.40. The highest BCUT2D eigenvalue weighted by Gasteiger charge is 2.19. The molecule has 1 aliphatic heterocycles. The van der Waals surface area contributed by atoms with Crippen LogP contribution in [0, 0.1) is 0 Å². The average molecular weight is 208 g/mol. The van der Waals surface area contributed by atoms with E-state index in [0.29, 0.717) is 5.69 Å². The topological polar surface area (TPSA) is 41.4 Å². The number of aromatic nitrogens is 2. The predicted molar refractivity (Wildman–Crippen MR) is 56.6 cm³/mol. The Kier molecular flexibility index (Phi) is 2.48. The van der Waals surface area contributed by atoms with Crippen molar-refractivity contribution >= 4 is 5.91 Å². The molecular weight excluding hydrogens is 192 g/mol. The van der Waals surface area contributed by atoms with Crippen molar-refractivity contribution in [1.82, 2.24) is 19.6 Å². The van der Waals surface area contributed by atoms with Gasteiger partial charge >= 0.3 is 0 Å². The van der Waals surface area contributed by atoms with E-state index in [9.17, 15) is 4.79 Å². The monoisotopic (exact) mass is 208 g/mol. The minimum Gasteiger partial charge on any atom is -0.343 e. The van der Waals surface area contributed by atoms with Gasteiger partial charge in [0, 0.05) is 27.2 Å². The number of fused-ring (bicyclic) bond motifs is 1. The molecule has 1 amide bonds. The van der Waals surface area contributed by atoms with Gasteiger partial charge < -0.3 is 4.90 Å². The van der Waals surface area contributed by atoms with Crippen LogP contribution in [-0.4, -0.2) is 53.2 Å². The van der Waals surface area contributed by atoms with Gasteiger partial charge in [-0.15, -0.1) is 0 Å². The smallest absolute Gasteiger partial charge is 0.273 e. The molecule has 5 heteroatoms. The summed E-state index contributed by atoms with van der Waals surface area (Å²) in [6.07, 6.45) is 0. The third-order valence-electron chi connectivity index (χ3n) is 2.61. The first-order chi connectivity index (χ1) is 7.08. The minimum atomic E-state index is -0.0282. The second-order valence-corrected chi connectivity index (χ2v) is 4.18. The Hall–Kier alpha value is -1.36. The molecule has 0 spiro atoms. The maximum atomic E-state index is 11.7. The normalized spacial score (nSPS) is 16.2. The van der Waals surface area contributed by atoms with Crippen molar-refractivity contribution < 1.29 is 4.79 Å². The van der Waals surface area contributed by atoms with Crippen LogP contribution in [0.1, 0.15) is 16.2 Å². The summed E-state index contributed by atoms with van der Waals surface area (Å²) in [6, 6.07) is 1.89. The first-order valence-electron chi connectivity index (χ1n) is 5.05. The Morgan fingerprint density at radius 2 is 2.20 bits per heavy atom. The minimum absolute atomic E-state index is 0.0282. The number of rotatable bonds is 1. The summed E-state index contributed by atoms with van der Waals surface area (Å²) in [7, 11) is 5.56. The lowest BCUT2D eigenvalue weighted by atomic mass is 10.3. The quantitative estimate of drug-likeness (QED) is 0.654. The molecule has 0 saturated heterocycles. The van der Waals surface area contributed by atoms with Crippen LogP contribution in [0.15, 0.2) is 6.07 Å². The maximum absolute atomic E-state index is 11.7. The van der Waals surface area contributed by atoms with Crippen molar-refractivity contribution in [2.45, 2.75) is 13.1 Å². The standard InChI is InChI=1S/C10H16N4O/c1-12(2)10(15)9-6-8-7-13(3)4-5-14(8)11-9/h6H,4-5,7H2,1-3H3. The van der Waals surface area contributed by atoms with E-state index in [1.807, 2.05) is 10.7 Å². The van der Waals surface area contributed by atoms with Crippen molar-refractivity contribution in [3.05, 3.63) is 17.5 Å². The van der Waals surface area contributed by atoms with E-state index < -0.39 is 0 Å². The van der Waals surface area contributed by atoms with Gasteiger partial charge in [0.05, 0.1) is 12.2 Å². The molecule has 0 aliphatic carbocycles. The molecule has 2 rings (SSSR count). The largest absolute Gasteiger partial charge is 0.343 e. The highest BCUT2D eigenvalue weighted by atomic mass is 16.2. The predicted octanol–water partition coefficient (Wildman–Crippen LogP) is 0.0303. The van der Waals surface area contributed by atoms with Crippen LogP contribution >= 0.6 is 0 Å². The van der Waals surface area contributed by atoms with Gasteiger partial charge in [0.15, 0.2) is 5.69 Å². The first-order valence-corrected chi connectivity index (χ1v) is 5.05. The van der Waals surface area contributed by atoms with E-state index in [2.05, 4.69) is 17.0 Å². The molecule has 2 heterocycles. The van der Waals surface area contributed by atoms with Crippen LogP contribution < -0.4 is 0 Å². The van der Waals surface area contributed by atoms with Gasteiger partial charge in [-0.25, -0.2) is 0 Å². The van der Waals surface area contributed by atoms with E-state index >= 15 is 0 Å². The lowest BCUT2D eigenvalue weighted by Gasteiger charge is -2.22. The summed E-state index contributed by atoms with van der Waals surface area (Å²) in [5, 5.41) is 4.31. The second-order valence-electron chi connectivity index (χ2n) is 4.18. The van der Waals surface area contributed by atoms with Crippen molar-refractivity contribution in [2.24, 2.45) is 0 Å². The number of hydrogen-bond donors (Lipinski definition) is 0. The first kappa shape index (κ1) is 10.2. The SMILES string of the molecule is CN1CCn2nc(C(=O)N(C)C)cc2C1. The second kappa shape index (κ2) is 3.66. The van der Waals surface area contributed by atoms with Gasteiger partial charge in [-0.3, -0.25) is 14.4 Å². The van der Waals surface area contributed by atoms with Crippen LogP contribution in [0.5, 0.6) is 0 Å². The zero-order chi connectivity index (χ0) is 11.0. The number of nitrogens with zero attached hydrogens (tertiary/aromatic N) is 4. The maximum Gasteiger partial charge on any atom is 0.273 e. The summed E-state index contributed by atoms with van der Waals surface area (Å²) >= 11 is 0. The third-order valence-corrected chi connectivity index (χ3v) is 2.61. The van der Waals surface area contributed by atoms with Gasteiger partial charge in [-0.05, 0) is 13.1 Å². The van der Waals surface area contributed by atoms with Crippen molar-refractivity contribution in [1.29, 1.82) is 0 Å². The number of carbonyl (C=O) groups excluding carboxylic acids is 1. The summed E-state index contributed by atoms with van der Waals surface area (Å²) in [4.78, 5) is 15.5. The molecule has 0 bridgehead atoms. The Bertz CT molecular complexity index is 383. The molecule has 0 aromatic carbocycles. The molecule has 1 aromatic heterocycles. The van der Waals surface area contributed by atoms with Crippen LogP contribution in [0.25, 0.3) is 0 Å². The number of amides is 1. The van der Waals surface area contributed by atoms with E-state index in [-0.39, 0.29) is 5.91 Å². The van der Waals surface area contributed by atoms with Crippen molar-refractivity contribution in [3.63, 3.8) is 0 Å². The average Bonchev–Trinajstić information content (AvgIpc) is 2.58. The third kappa shape index (κ3) is 1.87. The summed E-state index contributed by atoms with van der Waals surface area (Å²) in [5.74, 6) is -0.0282. The molecule has 82 valence electrons. The molecule has 0 unspecified atom stereocenters. The van der Waals surface area contributed by atoms with E-state index in [4.69, 9.17) is 0 Å². The van der Waals surface area contributed by atoms with Crippen LogP contribution in [0.2, 0.25) is 0 Å². The molecule has 0 atom stereocenters. The van der Waals surface area contributed by atoms with E-state index in [0.717, 1.165) is 25.3 Å². The summed E-state index contributed by atoms with van der Waals surface area (Å²) < 4.78 is 1.93. The molecule has 15 heavy (non-hydrogen) atoms. The van der Waals surface area contributed by atoms with Crippen molar-refractivity contribution in [3.8, 4) is 0 Å². The van der Waals surface area contributed by atoms with E-state index in [1.54, 1.807) is 19.0 Å². The molecule has 0 N–H and O–H groups in total. The highest BCUT2D eigenvalue weighted by molar-refractivity contribution is 5.92. The molecular formula is C10H16N4O. The molecule has 0 saturated carbocycles. The van der Waals surface area contributed by atoms with Crippen LogP contribution in [-0.2, 0) is 13.1 Å². The van der Waals surface area contributed by atoms with Gasteiger partial charge in [-0.1, -0.05) is 0 Å². The van der Waals surface area contributed by atoms with Crippen molar-refractivity contribution in [2.75, 3.05) is 27.7 Å². The van der Waals surface area contributed by atoms with E-state index in [1.165, 1.54) is 0 Å². The molecule has 1 aliphatic rings. The highest BCUT2D eigenvalue weighted by Crippen LogP contribution is 2.12. The fourth-order valence-electron chi connectivity index (χ4n) is 1.73. The fourth-order valence-corrected chi connectivity index (χ4v) is 1.73.